The second-order valence-corrected chi connectivity index (χ2v) is 8.88. The summed E-state index contributed by atoms with van der Waals surface area (Å²) in [6.07, 6.45) is -0.621. The Morgan fingerprint density at radius 1 is 0.969 bits per heavy atom. The number of anilines is 1. The molecule has 1 heterocycles. The normalized spacial score (nSPS) is 15.2. The van der Waals surface area contributed by atoms with Crippen molar-refractivity contribution in [2.75, 3.05) is 44.8 Å². The van der Waals surface area contributed by atoms with Crippen LogP contribution in [0.15, 0.2) is 54.6 Å². The van der Waals surface area contributed by atoms with E-state index in [1.807, 2.05) is 18.2 Å². The Morgan fingerprint density at radius 2 is 1.62 bits per heavy atom. The molecule has 0 aromatic heterocycles. The highest BCUT2D eigenvalue weighted by atomic mass is 16.6. The molecule has 32 heavy (non-hydrogen) atoms. The van der Waals surface area contributed by atoms with E-state index in [-0.39, 0.29) is 12.5 Å². The van der Waals surface area contributed by atoms with Crippen molar-refractivity contribution >= 4 is 17.7 Å². The van der Waals surface area contributed by atoms with E-state index < -0.39 is 17.7 Å². The maximum atomic E-state index is 13.0. The summed E-state index contributed by atoms with van der Waals surface area (Å²) in [7, 11) is 1.51. The minimum Gasteiger partial charge on any atom is -0.444 e. The summed E-state index contributed by atoms with van der Waals surface area (Å²) in [4.78, 5) is 29.2. The van der Waals surface area contributed by atoms with Crippen molar-refractivity contribution in [3.63, 3.8) is 0 Å². The van der Waals surface area contributed by atoms with Gasteiger partial charge in [-0.3, -0.25) is 4.79 Å². The highest BCUT2D eigenvalue weighted by molar-refractivity contribution is 5.86. The van der Waals surface area contributed by atoms with Gasteiger partial charge in [-0.2, -0.15) is 0 Å². The number of alkyl carbamates (subject to hydrolysis) is 1. The highest BCUT2D eigenvalue weighted by Crippen LogP contribution is 2.25. The summed E-state index contributed by atoms with van der Waals surface area (Å²) >= 11 is 0. The van der Waals surface area contributed by atoms with Gasteiger partial charge in [-0.25, -0.2) is 4.79 Å². The Bertz CT molecular complexity index is 903. The summed E-state index contributed by atoms with van der Waals surface area (Å²) in [5.41, 5.74) is 2.85. The molecule has 0 bridgehead atoms. The number of hydrogen-bond acceptors (Lipinski definition) is 5. The third-order valence-electron chi connectivity index (χ3n) is 5.23. The van der Waals surface area contributed by atoms with Crippen molar-refractivity contribution in [1.29, 1.82) is 0 Å². The fourth-order valence-corrected chi connectivity index (χ4v) is 3.71. The predicted molar refractivity (Wildman–Crippen MR) is 126 cm³/mol. The number of nitrogens with zero attached hydrogens (tertiary/aromatic N) is 2. The molecule has 1 aliphatic rings. The Kier molecular flexibility index (Phi) is 7.75. The fraction of sp³-hybridized carbons (Fsp3) is 0.440. The summed E-state index contributed by atoms with van der Waals surface area (Å²) in [6, 6.07) is 18.0. The summed E-state index contributed by atoms with van der Waals surface area (Å²) < 4.78 is 10.5. The van der Waals surface area contributed by atoms with Crippen LogP contribution in [0.4, 0.5) is 10.5 Å². The molecule has 1 saturated heterocycles. The second-order valence-electron chi connectivity index (χ2n) is 8.88. The number of methoxy groups -OCH3 is 1. The van der Waals surface area contributed by atoms with E-state index in [0.29, 0.717) is 13.1 Å². The van der Waals surface area contributed by atoms with Crippen LogP contribution in [0.25, 0.3) is 11.1 Å². The van der Waals surface area contributed by atoms with Crippen molar-refractivity contribution in [3.8, 4) is 11.1 Å². The molecule has 1 fully saturated rings. The Labute approximate surface area is 190 Å². The van der Waals surface area contributed by atoms with E-state index in [9.17, 15) is 9.59 Å². The zero-order valence-electron chi connectivity index (χ0n) is 19.3. The lowest BCUT2D eigenvalue weighted by molar-refractivity contribution is -0.135. The van der Waals surface area contributed by atoms with Crippen molar-refractivity contribution in [1.82, 2.24) is 10.2 Å². The summed E-state index contributed by atoms with van der Waals surface area (Å²) in [6.45, 7) is 8.03. The number of amides is 2. The van der Waals surface area contributed by atoms with Gasteiger partial charge in [-0.05, 0) is 44.0 Å². The zero-order chi connectivity index (χ0) is 23.1. The van der Waals surface area contributed by atoms with Gasteiger partial charge >= 0.3 is 6.09 Å². The number of rotatable bonds is 6. The molecule has 0 saturated carbocycles. The zero-order valence-corrected chi connectivity index (χ0v) is 19.3. The second kappa shape index (κ2) is 10.5. The van der Waals surface area contributed by atoms with E-state index in [1.54, 1.807) is 25.7 Å². The SMILES string of the molecule is COC[C@@H](NC(=O)OC(C)(C)C)C(=O)N1CCN(c2cccc(-c3ccccc3)c2)CC1. The lowest BCUT2D eigenvalue weighted by Crippen LogP contribution is -2.56. The predicted octanol–water partition coefficient (Wildman–Crippen LogP) is 3.54. The molecule has 0 unspecified atom stereocenters. The van der Waals surface area contributed by atoms with Crippen molar-refractivity contribution < 1.29 is 19.1 Å². The smallest absolute Gasteiger partial charge is 0.408 e. The molecule has 1 N–H and O–H groups in total. The molecule has 2 aromatic carbocycles. The number of nitrogens with one attached hydrogen (secondary N) is 1. The first-order valence-corrected chi connectivity index (χ1v) is 10.9. The molecule has 1 aliphatic heterocycles. The molecule has 7 nitrogen and oxygen atoms in total. The van der Waals surface area contributed by atoms with Crippen LogP contribution in [0.1, 0.15) is 20.8 Å². The molecule has 0 radical (unpaired) electrons. The summed E-state index contributed by atoms with van der Waals surface area (Å²) in [5.74, 6) is -0.157. The van der Waals surface area contributed by atoms with E-state index in [1.165, 1.54) is 18.2 Å². The van der Waals surface area contributed by atoms with Crippen molar-refractivity contribution in [2.24, 2.45) is 0 Å². The van der Waals surface area contributed by atoms with Gasteiger partial charge in [-0.1, -0.05) is 42.5 Å². The first-order chi connectivity index (χ1) is 15.3. The Morgan fingerprint density at radius 3 is 2.25 bits per heavy atom. The largest absolute Gasteiger partial charge is 0.444 e. The summed E-state index contributed by atoms with van der Waals surface area (Å²) in [5, 5.41) is 2.65. The van der Waals surface area contributed by atoms with Crippen LogP contribution in [0, 0.1) is 0 Å². The monoisotopic (exact) mass is 439 g/mol. The first-order valence-electron chi connectivity index (χ1n) is 10.9. The minimum absolute atomic E-state index is 0.0947. The highest BCUT2D eigenvalue weighted by Gasteiger charge is 2.30. The van der Waals surface area contributed by atoms with Crippen LogP contribution in [0.3, 0.4) is 0 Å². The molecule has 0 aliphatic carbocycles. The lowest BCUT2D eigenvalue weighted by Gasteiger charge is -2.37. The van der Waals surface area contributed by atoms with E-state index in [4.69, 9.17) is 9.47 Å². The Hall–Kier alpha value is -3.06. The van der Waals surface area contributed by atoms with Crippen LogP contribution in [-0.4, -0.2) is 68.4 Å². The van der Waals surface area contributed by atoms with Gasteiger partial charge in [0.25, 0.3) is 0 Å². The number of hydrogen-bond donors (Lipinski definition) is 1. The molecule has 0 spiro atoms. The van der Waals surface area contributed by atoms with Gasteiger partial charge in [0.2, 0.25) is 5.91 Å². The third-order valence-corrected chi connectivity index (χ3v) is 5.23. The van der Waals surface area contributed by atoms with Gasteiger partial charge in [0, 0.05) is 39.0 Å². The van der Waals surface area contributed by atoms with Crippen LogP contribution in [0.2, 0.25) is 0 Å². The van der Waals surface area contributed by atoms with Gasteiger partial charge in [0.05, 0.1) is 6.61 Å². The van der Waals surface area contributed by atoms with Crippen LogP contribution >= 0.6 is 0 Å². The number of carbonyl (C=O) groups excluding carboxylic acids is 2. The van der Waals surface area contributed by atoms with Gasteiger partial charge in [0.1, 0.15) is 11.6 Å². The van der Waals surface area contributed by atoms with Crippen molar-refractivity contribution in [2.45, 2.75) is 32.4 Å². The van der Waals surface area contributed by atoms with E-state index >= 15 is 0 Å². The minimum atomic E-state index is -0.775. The average molecular weight is 440 g/mol. The number of ether oxygens (including phenoxy) is 2. The van der Waals surface area contributed by atoms with Crippen LogP contribution in [-0.2, 0) is 14.3 Å². The molecule has 1 atom stereocenters. The molecular formula is C25H33N3O4. The maximum Gasteiger partial charge on any atom is 0.408 e. The van der Waals surface area contributed by atoms with E-state index in [0.717, 1.165) is 18.8 Å². The molecule has 2 aromatic rings. The quantitative estimate of drug-likeness (QED) is 0.746. The Balaban J connectivity index is 1.60. The maximum absolute atomic E-state index is 13.0. The lowest BCUT2D eigenvalue weighted by atomic mass is 10.0. The van der Waals surface area contributed by atoms with E-state index in [2.05, 4.69) is 46.6 Å². The van der Waals surface area contributed by atoms with Crippen LogP contribution in [0.5, 0.6) is 0 Å². The molecule has 7 heteroatoms. The average Bonchev–Trinajstić information content (AvgIpc) is 2.78. The number of benzene rings is 2. The van der Waals surface area contributed by atoms with Crippen LogP contribution < -0.4 is 10.2 Å². The van der Waals surface area contributed by atoms with Gasteiger partial charge < -0.3 is 24.6 Å². The number of carbonyl (C=O) groups is 2. The van der Waals surface area contributed by atoms with Gasteiger partial charge in [0.15, 0.2) is 0 Å². The fourth-order valence-electron chi connectivity index (χ4n) is 3.71. The molecule has 3 rings (SSSR count). The standard InChI is InChI=1S/C25H33N3O4/c1-25(2,3)32-24(30)26-22(18-31-4)23(29)28-15-13-27(14-16-28)21-12-8-11-20(17-21)19-9-6-5-7-10-19/h5-12,17,22H,13-16,18H2,1-4H3,(H,26,30)/t22-/m1/s1. The molecule has 172 valence electrons. The molecule has 2 amide bonds. The van der Waals surface area contributed by atoms with Crippen molar-refractivity contribution in [3.05, 3.63) is 54.6 Å². The number of piperazine rings is 1. The molecular weight excluding hydrogens is 406 g/mol. The third kappa shape index (κ3) is 6.47. The first kappa shape index (κ1) is 23.6. The van der Waals surface area contributed by atoms with Gasteiger partial charge in [-0.15, -0.1) is 0 Å². The topological polar surface area (TPSA) is 71.1 Å².